The van der Waals surface area contributed by atoms with Crippen molar-refractivity contribution in [1.82, 2.24) is 14.7 Å². The lowest BCUT2D eigenvalue weighted by Gasteiger charge is -2.17. The number of carbonyl (C=O) groups is 2. The van der Waals surface area contributed by atoms with Crippen LogP contribution in [0.5, 0.6) is 0 Å². The van der Waals surface area contributed by atoms with Gasteiger partial charge in [0.2, 0.25) is 5.91 Å². The number of rotatable bonds is 5. The summed E-state index contributed by atoms with van der Waals surface area (Å²) in [6.45, 7) is 0.481. The van der Waals surface area contributed by atoms with E-state index in [4.69, 9.17) is 0 Å². The summed E-state index contributed by atoms with van der Waals surface area (Å²) in [5.41, 5.74) is 2.39. The summed E-state index contributed by atoms with van der Waals surface area (Å²) in [6.07, 6.45) is 5.56. The topological polar surface area (TPSA) is 79.3 Å². The van der Waals surface area contributed by atoms with E-state index in [1.165, 1.54) is 0 Å². The second kappa shape index (κ2) is 6.74. The van der Waals surface area contributed by atoms with Crippen LogP contribution >= 0.6 is 0 Å². The third kappa shape index (κ3) is 4.13. The summed E-state index contributed by atoms with van der Waals surface area (Å²) < 4.78 is 1.70. The summed E-state index contributed by atoms with van der Waals surface area (Å²) in [4.78, 5) is 25.5. The van der Waals surface area contributed by atoms with Crippen LogP contribution in [0.2, 0.25) is 0 Å². The van der Waals surface area contributed by atoms with Crippen LogP contribution in [0.1, 0.15) is 18.4 Å². The first-order chi connectivity index (χ1) is 11.5. The molecule has 0 spiro atoms. The van der Waals surface area contributed by atoms with Gasteiger partial charge in [0.1, 0.15) is 0 Å². The Balaban J connectivity index is 1.52. The van der Waals surface area contributed by atoms with Crippen LogP contribution in [0.4, 0.5) is 16.2 Å². The summed E-state index contributed by atoms with van der Waals surface area (Å²) in [6, 6.07) is 6.93. The van der Waals surface area contributed by atoms with Crippen molar-refractivity contribution in [3.05, 3.63) is 42.2 Å². The van der Waals surface area contributed by atoms with Crippen molar-refractivity contribution in [3.63, 3.8) is 0 Å². The van der Waals surface area contributed by atoms with Crippen molar-refractivity contribution in [2.45, 2.75) is 19.4 Å². The molecule has 1 heterocycles. The molecule has 7 heteroatoms. The number of nitrogens with zero attached hydrogens (tertiary/aromatic N) is 3. The number of carbonyl (C=O) groups excluding carboxylic acids is 2. The van der Waals surface area contributed by atoms with Gasteiger partial charge in [-0.1, -0.05) is 0 Å². The van der Waals surface area contributed by atoms with E-state index < -0.39 is 0 Å². The molecule has 0 bridgehead atoms. The van der Waals surface area contributed by atoms with E-state index in [1.807, 2.05) is 13.2 Å². The standard InChI is InChI=1S/C17H21N5O2/c1-21(10-12-9-18-22(2)11-12)17(24)20-15-7-5-14(6-8-15)19-16(23)13-3-4-13/h5-9,11,13H,3-4,10H2,1-2H3,(H,19,23)(H,20,24). The molecule has 0 saturated heterocycles. The number of hydrogen-bond donors (Lipinski definition) is 2. The number of urea groups is 1. The van der Waals surface area contributed by atoms with Gasteiger partial charge in [0, 0.05) is 43.1 Å². The molecule has 1 saturated carbocycles. The maximum absolute atomic E-state index is 12.2. The summed E-state index contributed by atoms with van der Waals surface area (Å²) >= 11 is 0. The van der Waals surface area contributed by atoms with Crippen LogP contribution in [0.3, 0.4) is 0 Å². The molecule has 1 aliphatic rings. The van der Waals surface area contributed by atoms with Crippen molar-refractivity contribution in [1.29, 1.82) is 0 Å². The Morgan fingerprint density at radius 3 is 2.38 bits per heavy atom. The molecule has 1 fully saturated rings. The minimum absolute atomic E-state index is 0.0722. The molecule has 3 amide bonds. The number of hydrogen-bond acceptors (Lipinski definition) is 3. The third-order valence-corrected chi connectivity index (χ3v) is 3.88. The Hall–Kier alpha value is -2.83. The Labute approximate surface area is 140 Å². The van der Waals surface area contributed by atoms with Gasteiger partial charge >= 0.3 is 6.03 Å². The smallest absolute Gasteiger partial charge is 0.321 e. The van der Waals surface area contributed by atoms with Crippen LogP contribution < -0.4 is 10.6 Å². The Bertz CT molecular complexity index is 734. The number of amides is 3. The Morgan fingerprint density at radius 1 is 1.21 bits per heavy atom. The second-order valence-electron chi connectivity index (χ2n) is 6.15. The molecular formula is C17H21N5O2. The van der Waals surface area contributed by atoms with Crippen LogP contribution in [-0.2, 0) is 18.4 Å². The van der Waals surface area contributed by atoms with Crippen molar-refractivity contribution < 1.29 is 9.59 Å². The second-order valence-corrected chi connectivity index (χ2v) is 6.15. The van der Waals surface area contributed by atoms with Crippen molar-refractivity contribution in [3.8, 4) is 0 Å². The van der Waals surface area contributed by atoms with Gasteiger partial charge in [0.15, 0.2) is 0 Å². The molecule has 0 atom stereocenters. The minimum atomic E-state index is -0.200. The first-order valence-corrected chi connectivity index (χ1v) is 7.92. The van der Waals surface area contributed by atoms with Crippen molar-refractivity contribution in [2.75, 3.05) is 17.7 Å². The van der Waals surface area contributed by atoms with E-state index in [1.54, 1.807) is 47.1 Å². The number of benzene rings is 1. The van der Waals surface area contributed by atoms with Crippen LogP contribution in [0.15, 0.2) is 36.7 Å². The lowest BCUT2D eigenvalue weighted by molar-refractivity contribution is -0.117. The maximum Gasteiger partial charge on any atom is 0.321 e. The Morgan fingerprint density at radius 2 is 1.83 bits per heavy atom. The number of aryl methyl sites for hydroxylation is 1. The zero-order valence-corrected chi connectivity index (χ0v) is 13.8. The van der Waals surface area contributed by atoms with Gasteiger partial charge in [-0.25, -0.2) is 4.79 Å². The molecule has 24 heavy (non-hydrogen) atoms. The van der Waals surface area contributed by atoms with Gasteiger partial charge in [0.25, 0.3) is 0 Å². The number of aromatic nitrogens is 2. The predicted molar refractivity (Wildman–Crippen MR) is 91.5 cm³/mol. The van der Waals surface area contributed by atoms with E-state index in [-0.39, 0.29) is 17.9 Å². The van der Waals surface area contributed by atoms with E-state index >= 15 is 0 Å². The molecule has 0 radical (unpaired) electrons. The lowest BCUT2D eigenvalue weighted by Crippen LogP contribution is -2.30. The SMILES string of the molecule is CN(Cc1cnn(C)c1)C(=O)Nc1ccc(NC(=O)C2CC2)cc1. The molecule has 126 valence electrons. The maximum atomic E-state index is 12.2. The lowest BCUT2D eigenvalue weighted by atomic mass is 10.2. The Kier molecular flexibility index (Phi) is 4.50. The fourth-order valence-electron chi connectivity index (χ4n) is 2.34. The average Bonchev–Trinajstić information content (AvgIpc) is 3.33. The van der Waals surface area contributed by atoms with Crippen LogP contribution in [0.25, 0.3) is 0 Å². The van der Waals surface area contributed by atoms with Gasteiger partial charge in [-0.2, -0.15) is 5.10 Å². The predicted octanol–water partition coefficient (Wildman–Crippen LogP) is 2.43. The summed E-state index contributed by atoms with van der Waals surface area (Å²) in [5, 5.41) is 9.79. The highest BCUT2D eigenvalue weighted by Gasteiger charge is 2.29. The average molecular weight is 327 g/mol. The van der Waals surface area contributed by atoms with Gasteiger partial charge in [0.05, 0.1) is 12.7 Å². The van der Waals surface area contributed by atoms with Gasteiger partial charge < -0.3 is 15.5 Å². The van der Waals surface area contributed by atoms with Gasteiger partial charge in [-0.05, 0) is 37.1 Å². The first-order valence-electron chi connectivity index (χ1n) is 7.92. The molecule has 1 aliphatic carbocycles. The molecule has 0 aliphatic heterocycles. The fraction of sp³-hybridized carbons (Fsp3) is 0.353. The highest BCUT2D eigenvalue weighted by Crippen LogP contribution is 2.30. The highest BCUT2D eigenvalue weighted by atomic mass is 16.2. The van der Waals surface area contributed by atoms with Crippen molar-refractivity contribution in [2.24, 2.45) is 13.0 Å². The molecule has 3 rings (SSSR count). The minimum Gasteiger partial charge on any atom is -0.326 e. The van der Waals surface area contributed by atoms with E-state index in [9.17, 15) is 9.59 Å². The highest BCUT2D eigenvalue weighted by molar-refractivity contribution is 5.94. The summed E-state index contributed by atoms with van der Waals surface area (Å²) in [7, 11) is 3.57. The van der Waals surface area contributed by atoms with E-state index in [2.05, 4.69) is 15.7 Å². The monoisotopic (exact) mass is 327 g/mol. The van der Waals surface area contributed by atoms with Crippen LogP contribution in [-0.4, -0.2) is 33.7 Å². The van der Waals surface area contributed by atoms with Gasteiger partial charge in [-0.15, -0.1) is 0 Å². The number of anilines is 2. The molecule has 2 aromatic rings. The molecule has 1 aromatic carbocycles. The fourth-order valence-corrected chi connectivity index (χ4v) is 2.34. The molecular weight excluding hydrogens is 306 g/mol. The molecule has 7 nitrogen and oxygen atoms in total. The first kappa shape index (κ1) is 16.0. The molecule has 1 aromatic heterocycles. The normalized spacial score (nSPS) is 13.4. The molecule has 0 unspecified atom stereocenters. The van der Waals surface area contributed by atoms with Crippen LogP contribution in [0, 0.1) is 5.92 Å². The van der Waals surface area contributed by atoms with E-state index in [0.717, 1.165) is 24.1 Å². The molecule has 2 N–H and O–H groups in total. The largest absolute Gasteiger partial charge is 0.326 e. The zero-order valence-electron chi connectivity index (χ0n) is 13.8. The third-order valence-electron chi connectivity index (χ3n) is 3.88. The quantitative estimate of drug-likeness (QED) is 0.885. The van der Waals surface area contributed by atoms with E-state index in [0.29, 0.717) is 12.2 Å². The van der Waals surface area contributed by atoms with Crippen molar-refractivity contribution >= 4 is 23.3 Å². The van der Waals surface area contributed by atoms with Gasteiger partial charge in [-0.3, -0.25) is 9.48 Å². The number of nitrogens with one attached hydrogen (secondary N) is 2. The summed E-state index contributed by atoms with van der Waals surface area (Å²) in [5.74, 6) is 0.244. The zero-order chi connectivity index (χ0) is 17.1.